The van der Waals surface area contributed by atoms with Gasteiger partial charge < -0.3 is 0 Å². The van der Waals surface area contributed by atoms with Crippen molar-refractivity contribution in [3.05, 3.63) is 52.1 Å². The molecular formula is C13H9Cl2N3O2S. The number of nitriles is 1. The van der Waals surface area contributed by atoms with Gasteiger partial charge in [0.15, 0.2) is 0 Å². The van der Waals surface area contributed by atoms with Crippen molar-refractivity contribution in [2.75, 3.05) is 4.72 Å². The van der Waals surface area contributed by atoms with E-state index in [1.165, 1.54) is 18.2 Å². The molecule has 2 aromatic rings. The number of hydrogen-bond donors (Lipinski definition) is 1. The Labute approximate surface area is 132 Å². The van der Waals surface area contributed by atoms with Crippen molar-refractivity contribution in [1.29, 1.82) is 5.26 Å². The number of hydrogen-bond acceptors (Lipinski definition) is 4. The lowest BCUT2D eigenvalue weighted by Gasteiger charge is -2.10. The van der Waals surface area contributed by atoms with Gasteiger partial charge in [-0.25, -0.2) is 13.4 Å². The Bertz CT molecular complexity index is 796. The zero-order chi connectivity index (χ0) is 15.5. The second kappa shape index (κ2) is 6.31. The summed E-state index contributed by atoms with van der Waals surface area (Å²) in [6.45, 7) is 0. The average Bonchev–Trinajstić information content (AvgIpc) is 2.38. The highest BCUT2D eigenvalue weighted by molar-refractivity contribution is 7.93. The van der Waals surface area contributed by atoms with Gasteiger partial charge in [-0.05, 0) is 24.3 Å². The quantitative estimate of drug-likeness (QED) is 0.924. The molecule has 1 N–H and O–H groups in total. The molecule has 5 nitrogen and oxygen atoms in total. The fraction of sp³-hybridized carbons (Fsp3) is 0.0769. The van der Waals surface area contributed by atoms with Gasteiger partial charge in [0.25, 0.3) is 10.0 Å². The zero-order valence-electron chi connectivity index (χ0n) is 10.5. The Kier molecular flexibility index (Phi) is 4.68. The maximum Gasteiger partial charge on any atom is 0.266 e. The van der Waals surface area contributed by atoms with Gasteiger partial charge in [0, 0.05) is 0 Å². The van der Waals surface area contributed by atoms with Crippen LogP contribution in [-0.2, 0) is 16.4 Å². The number of halogens is 2. The SMILES string of the molecule is N#CCc1cccc(NS(=O)(=O)c2c(Cl)cccc2Cl)n1. The lowest BCUT2D eigenvalue weighted by Crippen LogP contribution is -2.15. The summed E-state index contributed by atoms with van der Waals surface area (Å²) >= 11 is 11.8. The summed E-state index contributed by atoms with van der Waals surface area (Å²) in [5.41, 5.74) is 0.461. The Hall–Kier alpha value is -1.81. The monoisotopic (exact) mass is 341 g/mol. The molecule has 0 spiro atoms. The summed E-state index contributed by atoms with van der Waals surface area (Å²) in [6.07, 6.45) is 0.0857. The number of benzene rings is 1. The molecule has 0 aliphatic heterocycles. The van der Waals surface area contributed by atoms with Crippen molar-refractivity contribution in [1.82, 2.24) is 4.98 Å². The molecule has 0 aliphatic carbocycles. The smallest absolute Gasteiger partial charge is 0.263 e. The highest BCUT2D eigenvalue weighted by atomic mass is 35.5. The topological polar surface area (TPSA) is 82.9 Å². The van der Waals surface area contributed by atoms with E-state index in [9.17, 15) is 8.42 Å². The Morgan fingerprint density at radius 3 is 2.38 bits per heavy atom. The van der Waals surface area contributed by atoms with Gasteiger partial charge in [-0.3, -0.25) is 4.72 Å². The molecule has 0 aliphatic rings. The van der Waals surface area contributed by atoms with E-state index in [1.807, 2.05) is 6.07 Å². The van der Waals surface area contributed by atoms with Crippen LogP contribution in [0, 0.1) is 11.3 Å². The molecule has 0 atom stereocenters. The molecule has 0 amide bonds. The van der Waals surface area contributed by atoms with E-state index < -0.39 is 10.0 Å². The molecule has 0 bridgehead atoms. The van der Waals surface area contributed by atoms with E-state index in [1.54, 1.807) is 18.2 Å². The van der Waals surface area contributed by atoms with E-state index in [0.29, 0.717) is 5.69 Å². The number of nitrogens with one attached hydrogen (secondary N) is 1. The standard InChI is InChI=1S/C13H9Cl2N3O2S/c14-10-4-2-5-11(15)13(10)21(19,20)18-12-6-1-3-9(17-12)7-8-16/h1-6H,7H2,(H,17,18). The van der Waals surface area contributed by atoms with Gasteiger partial charge in [0.05, 0.1) is 28.2 Å². The van der Waals surface area contributed by atoms with Crippen molar-refractivity contribution in [2.24, 2.45) is 0 Å². The van der Waals surface area contributed by atoms with Crippen molar-refractivity contribution in [3.8, 4) is 6.07 Å². The fourth-order valence-electron chi connectivity index (χ4n) is 1.64. The average molecular weight is 342 g/mol. The van der Waals surface area contributed by atoms with Crippen LogP contribution in [0.4, 0.5) is 5.82 Å². The Morgan fingerprint density at radius 1 is 1.14 bits per heavy atom. The minimum atomic E-state index is -3.97. The molecule has 0 unspecified atom stereocenters. The number of rotatable bonds is 4. The molecule has 0 saturated carbocycles. The Morgan fingerprint density at radius 2 is 1.76 bits per heavy atom. The lowest BCUT2D eigenvalue weighted by molar-refractivity contribution is 0.601. The third-order valence-electron chi connectivity index (χ3n) is 2.49. The molecule has 1 aromatic carbocycles. The zero-order valence-corrected chi connectivity index (χ0v) is 12.9. The predicted molar refractivity (Wildman–Crippen MR) is 80.8 cm³/mol. The third kappa shape index (κ3) is 3.64. The highest BCUT2D eigenvalue weighted by Gasteiger charge is 2.22. The largest absolute Gasteiger partial charge is 0.266 e. The van der Waals surface area contributed by atoms with Gasteiger partial charge in [-0.2, -0.15) is 5.26 Å². The molecule has 0 fully saturated rings. The summed E-state index contributed by atoms with van der Waals surface area (Å²) in [6, 6.07) is 11.1. The number of aromatic nitrogens is 1. The van der Waals surface area contributed by atoms with Crippen molar-refractivity contribution in [2.45, 2.75) is 11.3 Å². The van der Waals surface area contributed by atoms with E-state index in [2.05, 4.69) is 9.71 Å². The lowest BCUT2D eigenvalue weighted by atomic mass is 10.3. The van der Waals surface area contributed by atoms with Crippen LogP contribution in [0.1, 0.15) is 5.69 Å². The number of anilines is 1. The molecule has 8 heteroatoms. The van der Waals surface area contributed by atoms with Crippen LogP contribution in [0.15, 0.2) is 41.3 Å². The minimum absolute atomic E-state index is 0.0168. The van der Waals surface area contributed by atoms with Crippen LogP contribution in [0.3, 0.4) is 0 Å². The van der Waals surface area contributed by atoms with Crippen LogP contribution in [0.5, 0.6) is 0 Å². The van der Waals surface area contributed by atoms with Gasteiger partial charge >= 0.3 is 0 Å². The van der Waals surface area contributed by atoms with Crippen LogP contribution in [0.25, 0.3) is 0 Å². The second-order valence-corrected chi connectivity index (χ2v) is 6.44. The van der Waals surface area contributed by atoms with Gasteiger partial charge in [-0.15, -0.1) is 0 Å². The molecule has 1 aromatic heterocycles. The first-order valence-corrected chi connectivity index (χ1v) is 7.97. The normalized spacial score (nSPS) is 10.9. The molecule has 21 heavy (non-hydrogen) atoms. The van der Waals surface area contributed by atoms with Crippen LogP contribution < -0.4 is 4.72 Å². The van der Waals surface area contributed by atoms with E-state index >= 15 is 0 Å². The third-order valence-corrected chi connectivity index (χ3v) is 4.80. The molecule has 1 heterocycles. The van der Waals surface area contributed by atoms with Crippen LogP contribution in [-0.4, -0.2) is 13.4 Å². The summed E-state index contributed by atoms with van der Waals surface area (Å²) in [5.74, 6) is 0.0961. The summed E-state index contributed by atoms with van der Waals surface area (Å²) in [7, 11) is -3.97. The molecule has 0 saturated heterocycles. The molecule has 2 rings (SSSR count). The number of pyridine rings is 1. The summed E-state index contributed by atoms with van der Waals surface area (Å²) in [4.78, 5) is 3.83. The van der Waals surface area contributed by atoms with Crippen LogP contribution in [0.2, 0.25) is 10.0 Å². The van der Waals surface area contributed by atoms with E-state index in [-0.39, 0.29) is 27.2 Å². The number of nitrogens with zero attached hydrogens (tertiary/aromatic N) is 2. The summed E-state index contributed by atoms with van der Waals surface area (Å²) in [5, 5.41) is 8.66. The molecule has 108 valence electrons. The van der Waals surface area contributed by atoms with Gasteiger partial charge in [0.2, 0.25) is 0 Å². The van der Waals surface area contributed by atoms with Crippen LogP contribution >= 0.6 is 23.2 Å². The highest BCUT2D eigenvalue weighted by Crippen LogP contribution is 2.30. The van der Waals surface area contributed by atoms with Crippen molar-refractivity contribution >= 4 is 39.0 Å². The van der Waals surface area contributed by atoms with E-state index in [0.717, 1.165) is 0 Å². The van der Waals surface area contributed by atoms with Crippen molar-refractivity contribution in [3.63, 3.8) is 0 Å². The Balaban J connectivity index is 2.38. The van der Waals surface area contributed by atoms with E-state index in [4.69, 9.17) is 28.5 Å². The first-order chi connectivity index (χ1) is 9.94. The molecular weight excluding hydrogens is 333 g/mol. The first kappa shape index (κ1) is 15.6. The maximum absolute atomic E-state index is 12.3. The number of sulfonamides is 1. The first-order valence-electron chi connectivity index (χ1n) is 5.74. The van der Waals surface area contributed by atoms with Gasteiger partial charge in [0.1, 0.15) is 10.7 Å². The minimum Gasteiger partial charge on any atom is -0.263 e. The van der Waals surface area contributed by atoms with Gasteiger partial charge in [-0.1, -0.05) is 35.3 Å². The molecule has 0 radical (unpaired) electrons. The maximum atomic E-state index is 12.3. The predicted octanol–water partition coefficient (Wildman–Crippen LogP) is 3.26. The fourth-order valence-corrected chi connectivity index (χ4v) is 3.79. The summed E-state index contributed by atoms with van der Waals surface area (Å²) < 4.78 is 27.0. The van der Waals surface area contributed by atoms with Crippen molar-refractivity contribution < 1.29 is 8.42 Å². The second-order valence-electron chi connectivity index (χ2n) is 4.01.